The van der Waals surface area contributed by atoms with Crippen molar-refractivity contribution in [1.29, 1.82) is 0 Å². The van der Waals surface area contributed by atoms with E-state index in [-0.39, 0.29) is 11.5 Å². The van der Waals surface area contributed by atoms with Crippen LogP contribution in [0.2, 0.25) is 0 Å². The Kier molecular flexibility index (Phi) is 9.06. The van der Waals surface area contributed by atoms with Gasteiger partial charge in [-0.05, 0) is 84.6 Å². The van der Waals surface area contributed by atoms with Gasteiger partial charge >= 0.3 is 0 Å². The molecule has 10 heteroatoms. The van der Waals surface area contributed by atoms with Crippen LogP contribution in [0.25, 0.3) is 5.69 Å². The Morgan fingerprint density at radius 2 is 1.79 bits per heavy atom. The fourth-order valence-corrected chi connectivity index (χ4v) is 5.70. The van der Waals surface area contributed by atoms with Crippen LogP contribution in [0, 0.1) is 30.9 Å². The lowest BCUT2D eigenvalue weighted by atomic mass is 10.1. The van der Waals surface area contributed by atoms with Crippen molar-refractivity contribution in [2.24, 2.45) is 0 Å². The van der Waals surface area contributed by atoms with Gasteiger partial charge in [-0.15, -0.1) is 10.2 Å². The highest BCUT2D eigenvalue weighted by Gasteiger charge is 2.26. The number of halogens is 1. The Labute approximate surface area is 234 Å². The molecule has 0 bridgehead atoms. The topological polar surface area (TPSA) is 92.3 Å². The minimum Gasteiger partial charge on any atom is -0.490 e. The maximum absolute atomic E-state index is 11.7. The van der Waals surface area contributed by atoms with Gasteiger partial charge in [-0.3, -0.25) is 14.7 Å². The van der Waals surface area contributed by atoms with Gasteiger partial charge in [0.2, 0.25) is 6.54 Å². The van der Waals surface area contributed by atoms with Crippen molar-refractivity contribution in [3.8, 4) is 17.2 Å². The molecule has 0 saturated heterocycles. The van der Waals surface area contributed by atoms with E-state index in [1.807, 2.05) is 92.9 Å². The molecular formula is C28H29BrN4O4S. The molecule has 8 nitrogen and oxygen atoms in total. The predicted molar refractivity (Wildman–Crippen MR) is 152 cm³/mol. The van der Waals surface area contributed by atoms with Crippen LogP contribution in [0.15, 0.2) is 70.3 Å². The highest BCUT2D eigenvalue weighted by Crippen LogP contribution is 2.43. The molecule has 0 aliphatic carbocycles. The Bertz CT molecular complexity index is 1430. The van der Waals surface area contributed by atoms with E-state index in [4.69, 9.17) is 9.47 Å². The minimum atomic E-state index is -0.543. The normalized spacial score (nSPS) is 11.8. The van der Waals surface area contributed by atoms with E-state index in [1.54, 1.807) is 0 Å². The Balaban J connectivity index is 1.67. The average molecular weight is 598 g/mol. The van der Waals surface area contributed by atoms with E-state index in [9.17, 15) is 10.1 Å². The van der Waals surface area contributed by atoms with Crippen molar-refractivity contribution >= 4 is 27.7 Å². The molecule has 0 unspecified atom stereocenters. The smallest absolute Gasteiger partial charge is 0.220 e. The van der Waals surface area contributed by atoms with Crippen molar-refractivity contribution < 1.29 is 14.4 Å². The van der Waals surface area contributed by atoms with E-state index in [0.717, 1.165) is 22.4 Å². The summed E-state index contributed by atoms with van der Waals surface area (Å²) in [5, 5.41) is 20.3. The van der Waals surface area contributed by atoms with Crippen molar-refractivity contribution in [3.05, 3.63) is 103 Å². The maximum atomic E-state index is 11.7. The predicted octanol–water partition coefficient (Wildman–Crippen LogP) is 7.04. The number of aryl methyl sites for hydroxylation is 3. The summed E-state index contributed by atoms with van der Waals surface area (Å²) in [6, 6.07) is 19.8. The molecule has 0 fully saturated rings. The number of thioether (sulfide) groups is 1. The van der Waals surface area contributed by atoms with E-state index < -0.39 is 5.25 Å². The zero-order chi connectivity index (χ0) is 27.2. The van der Waals surface area contributed by atoms with Crippen molar-refractivity contribution in [2.75, 3.05) is 13.2 Å². The zero-order valence-corrected chi connectivity index (χ0v) is 24.1. The lowest BCUT2D eigenvalue weighted by Gasteiger charge is -2.19. The molecule has 0 radical (unpaired) electrons. The second kappa shape index (κ2) is 12.4. The molecule has 38 heavy (non-hydrogen) atoms. The average Bonchev–Trinajstić information content (AvgIpc) is 3.23. The summed E-state index contributed by atoms with van der Waals surface area (Å²) in [5.74, 6) is 1.78. The minimum absolute atomic E-state index is 0.300. The summed E-state index contributed by atoms with van der Waals surface area (Å²) in [7, 11) is 0. The molecular weight excluding hydrogens is 568 g/mol. The van der Waals surface area contributed by atoms with E-state index in [0.29, 0.717) is 40.2 Å². The van der Waals surface area contributed by atoms with Gasteiger partial charge in [0.25, 0.3) is 0 Å². The second-order valence-electron chi connectivity index (χ2n) is 8.86. The van der Waals surface area contributed by atoms with Crippen LogP contribution in [0.3, 0.4) is 0 Å². The molecule has 0 saturated carbocycles. The fraction of sp³-hybridized carbons (Fsp3) is 0.286. The Morgan fingerprint density at radius 1 is 1.03 bits per heavy atom. The van der Waals surface area contributed by atoms with Gasteiger partial charge in [0.15, 0.2) is 16.7 Å². The number of rotatable bonds is 11. The monoisotopic (exact) mass is 596 g/mol. The number of hydrogen-bond acceptors (Lipinski definition) is 7. The van der Waals surface area contributed by atoms with Gasteiger partial charge in [-0.1, -0.05) is 53.7 Å². The number of nitro groups is 1. The van der Waals surface area contributed by atoms with Crippen molar-refractivity contribution in [2.45, 2.75) is 44.7 Å². The molecule has 4 rings (SSSR count). The highest BCUT2D eigenvalue weighted by atomic mass is 79.9. The number of benzene rings is 3. The van der Waals surface area contributed by atoms with Crippen LogP contribution < -0.4 is 9.47 Å². The Hall–Kier alpha value is -3.37. The summed E-state index contributed by atoms with van der Waals surface area (Å²) in [5.41, 5.74) is 4.94. The van der Waals surface area contributed by atoms with Crippen LogP contribution in [0.5, 0.6) is 11.5 Å². The molecule has 1 heterocycles. The molecule has 1 aromatic heterocycles. The van der Waals surface area contributed by atoms with Crippen LogP contribution in [-0.2, 0) is 6.61 Å². The van der Waals surface area contributed by atoms with E-state index in [2.05, 4.69) is 26.1 Å². The van der Waals surface area contributed by atoms with Crippen LogP contribution in [0.4, 0.5) is 0 Å². The molecule has 0 spiro atoms. The number of hydrogen-bond donors (Lipinski definition) is 0. The quantitative estimate of drug-likeness (QED) is 0.104. The summed E-state index contributed by atoms with van der Waals surface area (Å²) in [6.07, 6.45) is 0. The molecule has 0 aliphatic rings. The van der Waals surface area contributed by atoms with E-state index in [1.165, 1.54) is 17.3 Å². The van der Waals surface area contributed by atoms with Crippen molar-refractivity contribution in [3.63, 3.8) is 0 Å². The first kappa shape index (κ1) is 27.7. The van der Waals surface area contributed by atoms with Crippen molar-refractivity contribution in [1.82, 2.24) is 14.8 Å². The van der Waals surface area contributed by atoms with Gasteiger partial charge in [-0.2, -0.15) is 0 Å². The summed E-state index contributed by atoms with van der Waals surface area (Å²) in [4.78, 5) is 11.4. The maximum Gasteiger partial charge on any atom is 0.220 e. The SMILES string of the molecule is CCOc1cc([C@H](C[N+](=O)[O-])Sc2nnc(C)n2-c2cccc(C)c2)cc(Br)c1OCc1ccc(C)cc1. The molecule has 4 aromatic rings. The zero-order valence-electron chi connectivity index (χ0n) is 21.7. The molecule has 0 amide bonds. The highest BCUT2D eigenvalue weighted by molar-refractivity contribution is 9.10. The fourth-order valence-electron chi connectivity index (χ4n) is 3.97. The van der Waals surface area contributed by atoms with E-state index >= 15 is 0 Å². The van der Waals surface area contributed by atoms with Crippen LogP contribution in [-0.4, -0.2) is 32.8 Å². The van der Waals surface area contributed by atoms with Gasteiger partial charge in [0.05, 0.1) is 11.1 Å². The largest absolute Gasteiger partial charge is 0.490 e. The van der Waals surface area contributed by atoms with Gasteiger partial charge in [-0.25, -0.2) is 0 Å². The van der Waals surface area contributed by atoms with Gasteiger partial charge in [0.1, 0.15) is 17.7 Å². The standard InChI is InChI=1S/C28H29BrN4O4S/c1-5-36-25-15-22(14-24(29)27(25)37-17-21-11-9-18(2)10-12-21)26(16-32(34)35)38-28-31-30-20(4)33(28)23-8-6-7-19(3)13-23/h6-15,26H,5,16-17H2,1-4H3/t26-/m0/s1. The molecule has 0 N–H and O–H groups in total. The Morgan fingerprint density at radius 3 is 2.47 bits per heavy atom. The first-order valence-corrected chi connectivity index (χ1v) is 13.8. The summed E-state index contributed by atoms with van der Waals surface area (Å²) in [6.45, 7) is 8.30. The molecule has 198 valence electrons. The first-order chi connectivity index (χ1) is 18.2. The summed E-state index contributed by atoms with van der Waals surface area (Å²) >= 11 is 4.92. The molecule has 1 atom stereocenters. The van der Waals surface area contributed by atoms with Gasteiger partial charge in [0, 0.05) is 10.6 Å². The molecule has 0 aliphatic heterocycles. The lowest BCUT2D eigenvalue weighted by molar-refractivity contribution is -0.479. The van der Waals surface area contributed by atoms with Gasteiger partial charge < -0.3 is 9.47 Å². The third kappa shape index (κ3) is 6.73. The lowest BCUT2D eigenvalue weighted by Crippen LogP contribution is -2.12. The molecule has 3 aromatic carbocycles. The summed E-state index contributed by atoms with van der Waals surface area (Å²) < 4.78 is 14.6. The third-order valence-corrected chi connectivity index (χ3v) is 7.59. The first-order valence-electron chi connectivity index (χ1n) is 12.2. The van der Waals surface area contributed by atoms with Crippen LogP contribution in [0.1, 0.15) is 40.3 Å². The van der Waals surface area contributed by atoms with Crippen LogP contribution >= 0.6 is 27.7 Å². The number of nitrogens with zero attached hydrogens (tertiary/aromatic N) is 4. The second-order valence-corrected chi connectivity index (χ2v) is 10.9. The number of aromatic nitrogens is 3. The number of ether oxygens (including phenoxy) is 2. The third-order valence-electron chi connectivity index (χ3n) is 5.82.